The Labute approximate surface area is 163 Å². The van der Waals surface area contributed by atoms with E-state index < -0.39 is 0 Å². The normalized spacial score (nSPS) is 10.3. The van der Waals surface area contributed by atoms with Crippen molar-refractivity contribution in [3.63, 3.8) is 0 Å². The Kier molecular flexibility index (Phi) is 14.3. The van der Waals surface area contributed by atoms with Crippen LogP contribution in [0.3, 0.4) is 0 Å². The van der Waals surface area contributed by atoms with Gasteiger partial charge in [0.1, 0.15) is 0 Å². The van der Waals surface area contributed by atoms with E-state index in [1.54, 1.807) is 24.3 Å². The number of benzene rings is 1. The van der Waals surface area contributed by atoms with Crippen LogP contribution in [0.5, 0.6) is 11.5 Å². The van der Waals surface area contributed by atoms with E-state index >= 15 is 0 Å². The van der Waals surface area contributed by atoms with Gasteiger partial charge in [-0.25, -0.2) is 0 Å². The number of amides is 1. The standard InChI is InChI=1S/C18H27NO3.C3H6S/c1-14(2)8-6-4-5-7-9-18(21)19-13-15-10-11-16(20)17(12-15)22-3;1-2-3-4/h6,8,10-12,14,20H,4-5,7,9,13H2,1-3H3,(H,19,21);2,4H,1,3H2. The Balaban J connectivity index is 0.00000141. The highest BCUT2D eigenvalue weighted by molar-refractivity contribution is 7.80. The van der Waals surface area contributed by atoms with Crippen molar-refractivity contribution in [3.8, 4) is 11.5 Å². The molecule has 0 aromatic heterocycles. The molecule has 0 heterocycles. The molecule has 0 bridgehead atoms. The number of thiol groups is 1. The van der Waals surface area contributed by atoms with Crippen LogP contribution in [0.2, 0.25) is 0 Å². The fraction of sp³-hybridized carbons (Fsp3) is 0.476. The maximum absolute atomic E-state index is 11.8. The van der Waals surface area contributed by atoms with E-state index in [0.29, 0.717) is 24.6 Å². The van der Waals surface area contributed by atoms with E-state index in [1.165, 1.54) is 7.11 Å². The van der Waals surface area contributed by atoms with Crippen molar-refractivity contribution in [2.24, 2.45) is 5.92 Å². The van der Waals surface area contributed by atoms with Crippen LogP contribution in [0, 0.1) is 5.92 Å². The molecule has 0 unspecified atom stereocenters. The summed E-state index contributed by atoms with van der Waals surface area (Å²) in [6.45, 7) is 8.16. The largest absolute Gasteiger partial charge is 0.504 e. The molecule has 0 atom stereocenters. The minimum atomic E-state index is 0.0554. The number of methoxy groups -OCH3 is 1. The maximum Gasteiger partial charge on any atom is 0.220 e. The van der Waals surface area contributed by atoms with Crippen molar-refractivity contribution < 1.29 is 14.6 Å². The number of allylic oxidation sites excluding steroid dienone is 2. The van der Waals surface area contributed by atoms with Gasteiger partial charge in [-0.2, -0.15) is 12.6 Å². The van der Waals surface area contributed by atoms with E-state index in [0.717, 1.165) is 30.6 Å². The van der Waals surface area contributed by atoms with Gasteiger partial charge in [-0.1, -0.05) is 38.1 Å². The SMILES string of the molecule is C=CCS.COc1cc(CNC(=O)CCCCC=CC(C)C)ccc1O. The molecule has 5 heteroatoms. The van der Waals surface area contributed by atoms with Crippen LogP contribution in [-0.4, -0.2) is 23.9 Å². The van der Waals surface area contributed by atoms with Gasteiger partial charge in [0.25, 0.3) is 0 Å². The second kappa shape index (κ2) is 15.4. The summed E-state index contributed by atoms with van der Waals surface area (Å²) in [4.78, 5) is 11.8. The van der Waals surface area contributed by atoms with Crippen molar-refractivity contribution in [1.29, 1.82) is 0 Å². The number of rotatable bonds is 10. The summed E-state index contributed by atoms with van der Waals surface area (Å²) in [5, 5.41) is 12.4. The van der Waals surface area contributed by atoms with E-state index in [2.05, 4.69) is 50.5 Å². The second-order valence-electron chi connectivity index (χ2n) is 6.17. The van der Waals surface area contributed by atoms with Crippen LogP contribution < -0.4 is 10.1 Å². The Bertz CT molecular complexity index is 556. The van der Waals surface area contributed by atoms with Crippen molar-refractivity contribution in [2.75, 3.05) is 12.9 Å². The number of hydrogen-bond acceptors (Lipinski definition) is 4. The molecule has 4 nitrogen and oxygen atoms in total. The van der Waals surface area contributed by atoms with Gasteiger partial charge < -0.3 is 15.2 Å². The molecule has 0 fully saturated rings. The fourth-order valence-corrected chi connectivity index (χ4v) is 2.04. The lowest BCUT2D eigenvalue weighted by Gasteiger charge is -2.08. The van der Waals surface area contributed by atoms with Crippen molar-refractivity contribution in [3.05, 3.63) is 48.6 Å². The highest BCUT2D eigenvalue weighted by atomic mass is 32.1. The Morgan fingerprint density at radius 2 is 2.08 bits per heavy atom. The topological polar surface area (TPSA) is 58.6 Å². The van der Waals surface area contributed by atoms with Crippen molar-refractivity contribution >= 4 is 18.5 Å². The molecule has 0 aliphatic rings. The van der Waals surface area contributed by atoms with Gasteiger partial charge in [0.15, 0.2) is 11.5 Å². The number of hydrogen-bond donors (Lipinski definition) is 3. The molecule has 0 saturated heterocycles. The molecule has 0 aliphatic heterocycles. The molecule has 0 spiro atoms. The number of carbonyl (C=O) groups is 1. The van der Waals surface area contributed by atoms with Gasteiger partial charge in [0.05, 0.1) is 7.11 Å². The lowest BCUT2D eigenvalue weighted by Crippen LogP contribution is -2.22. The number of ether oxygens (including phenoxy) is 1. The number of carbonyl (C=O) groups excluding carboxylic acids is 1. The van der Waals surface area contributed by atoms with Crippen LogP contribution in [0.25, 0.3) is 0 Å². The molecule has 146 valence electrons. The van der Waals surface area contributed by atoms with Crippen molar-refractivity contribution in [2.45, 2.75) is 46.1 Å². The first kappa shape index (κ1) is 24.1. The Morgan fingerprint density at radius 3 is 2.65 bits per heavy atom. The third kappa shape index (κ3) is 12.5. The zero-order valence-electron chi connectivity index (χ0n) is 16.2. The lowest BCUT2D eigenvalue weighted by molar-refractivity contribution is -0.121. The fourth-order valence-electron chi connectivity index (χ4n) is 2.04. The molecule has 1 amide bonds. The minimum Gasteiger partial charge on any atom is -0.504 e. The van der Waals surface area contributed by atoms with Crippen molar-refractivity contribution in [1.82, 2.24) is 5.32 Å². The molecular formula is C21H33NO3S. The van der Waals surface area contributed by atoms with Gasteiger partial charge >= 0.3 is 0 Å². The van der Waals surface area contributed by atoms with E-state index in [9.17, 15) is 9.90 Å². The van der Waals surface area contributed by atoms with Gasteiger partial charge in [0, 0.05) is 18.7 Å². The van der Waals surface area contributed by atoms with Gasteiger partial charge in [-0.05, 0) is 42.9 Å². The van der Waals surface area contributed by atoms with E-state index in [4.69, 9.17) is 4.74 Å². The smallest absolute Gasteiger partial charge is 0.220 e. The monoisotopic (exact) mass is 379 g/mol. The molecule has 1 aromatic rings. The first-order valence-electron chi connectivity index (χ1n) is 8.95. The number of nitrogens with one attached hydrogen (secondary N) is 1. The highest BCUT2D eigenvalue weighted by Gasteiger charge is 2.04. The quantitative estimate of drug-likeness (QED) is 0.308. The van der Waals surface area contributed by atoms with Crippen LogP contribution in [0.15, 0.2) is 43.0 Å². The summed E-state index contributed by atoms with van der Waals surface area (Å²) in [6.07, 6.45) is 9.62. The summed E-state index contributed by atoms with van der Waals surface area (Å²) in [5.41, 5.74) is 0.905. The summed E-state index contributed by atoms with van der Waals surface area (Å²) in [6, 6.07) is 5.07. The van der Waals surface area contributed by atoms with Crippen LogP contribution >= 0.6 is 12.6 Å². The Morgan fingerprint density at radius 1 is 1.38 bits per heavy atom. The number of unbranched alkanes of at least 4 members (excludes halogenated alkanes) is 2. The molecule has 0 aliphatic carbocycles. The van der Waals surface area contributed by atoms with Crippen LogP contribution in [0.1, 0.15) is 45.1 Å². The molecule has 0 saturated carbocycles. The van der Waals surface area contributed by atoms with Gasteiger partial charge in [-0.15, -0.1) is 6.58 Å². The number of phenols is 1. The first-order chi connectivity index (χ1) is 12.4. The third-order valence-electron chi connectivity index (χ3n) is 3.41. The molecule has 1 rings (SSSR count). The second-order valence-corrected chi connectivity index (χ2v) is 6.54. The minimum absolute atomic E-state index is 0.0554. The predicted molar refractivity (Wildman–Crippen MR) is 113 cm³/mol. The van der Waals surface area contributed by atoms with Gasteiger partial charge in [0.2, 0.25) is 5.91 Å². The Hall–Kier alpha value is -1.88. The average molecular weight is 380 g/mol. The average Bonchev–Trinajstić information content (AvgIpc) is 2.63. The maximum atomic E-state index is 11.8. The lowest BCUT2D eigenvalue weighted by atomic mass is 10.1. The predicted octanol–water partition coefficient (Wildman–Crippen LogP) is 4.89. The molecule has 26 heavy (non-hydrogen) atoms. The summed E-state index contributed by atoms with van der Waals surface area (Å²) in [5.74, 6) is 1.95. The van der Waals surface area contributed by atoms with Gasteiger partial charge in [-0.3, -0.25) is 4.79 Å². The first-order valence-corrected chi connectivity index (χ1v) is 9.58. The highest BCUT2D eigenvalue weighted by Crippen LogP contribution is 2.26. The third-order valence-corrected chi connectivity index (χ3v) is 3.67. The number of phenolic OH excluding ortho intramolecular Hbond substituents is 1. The van der Waals surface area contributed by atoms with Crippen LogP contribution in [0.4, 0.5) is 0 Å². The summed E-state index contributed by atoms with van der Waals surface area (Å²) >= 11 is 3.80. The molecule has 1 aromatic carbocycles. The summed E-state index contributed by atoms with van der Waals surface area (Å²) in [7, 11) is 1.51. The van der Waals surface area contributed by atoms with E-state index in [-0.39, 0.29) is 11.7 Å². The van der Waals surface area contributed by atoms with E-state index in [1.807, 2.05) is 0 Å². The zero-order valence-corrected chi connectivity index (χ0v) is 17.1. The summed E-state index contributed by atoms with van der Waals surface area (Å²) < 4.78 is 5.04. The molecule has 0 radical (unpaired) electrons. The van der Waals surface area contributed by atoms with Crippen LogP contribution in [-0.2, 0) is 11.3 Å². The zero-order chi connectivity index (χ0) is 19.8. The molecule has 2 N–H and O–H groups in total. The number of aromatic hydroxyl groups is 1. The molecular weight excluding hydrogens is 346 g/mol.